The molecule has 1 aromatic rings. The lowest BCUT2D eigenvalue weighted by molar-refractivity contribution is -0.127. The molecule has 120 valence electrons. The molecule has 1 heterocycles. The second-order valence-corrected chi connectivity index (χ2v) is 6.56. The highest BCUT2D eigenvalue weighted by atomic mass is 16.2. The third kappa shape index (κ3) is 3.87. The summed E-state index contributed by atoms with van der Waals surface area (Å²) < 4.78 is 0. The summed E-state index contributed by atoms with van der Waals surface area (Å²) >= 11 is 0. The summed E-state index contributed by atoms with van der Waals surface area (Å²) in [6.45, 7) is 8.70. The number of nitrogens with zero attached hydrogens (tertiary/aromatic N) is 1. The fourth-order valence-corrected chi connectivity index (χ4v) is 3.05. The Morgan fingerprint density at radius 2 is 2.05 bits per heavy atom. The van der Waals surface area contributed by atoms with Crippen LogP contribution in [0.15, 0.2) is 18.2 Å². The predicted octanol–water partition coefficient (Wildman–Crippen LogP) is 2.48. The van der Waals surface area contributed by atoms with Crippen LogP contribution in [0.2, 0.25) is 0 Å². The van der Waals surface area contributed by atoms with Crippen molar-refractivity contribution in [2.75, 3.05) is 18.0 Å². The maximum absolute atomic E-state index is 12.3. The molecular formula is C18H26N2O2. The van der Waals surface area contributed by atoms with Gasteiger partial charge in [0.1, 0.15) is 0 Å². The number of benzene rings is 1. The molecular weight excluding hydrogens is 276 g/mol. The number of carbonyl (C=O) groups is 2. The number of carbonyl (C=O) groups excluding carboxylic acids is 2. The fraction of sp³-hybridized carbons (Fsp3) is 0.556. The number of aryl methyl sites for hydroxylation is 2. The van der Waals surface area contributed by atoms with Crippen molar-refractivity contribution in [1.82, 2.24) is 5.32 Å². The first kappa shape index (κ1) is 16.5. The molecule has 1 aliphatic rings. The van der Waals surface area contributed by atoms with E-state index in [1.165, 1.54) is 18.1 Å². The first-order valence-electron chi connectivity index (χ1n) is 8.02. The largest absolute Gasteiger partial charge is 0.362 e. The number of hydrogen-bond acceptors (Lipinski definition) is 3. The summed E-state index contributed by atoms with van der Waals surface area (Å²) in [5, 5.41) is 2.88. The van der Waals surface area contributed by atoms with Crippen molar-refractivity contribution < 1.29 is 9.59 Å². The fourth-order valence-electron chi connectivity index (χ4n) is 3.05. The molecule has 0 aliphatic carbocycles. The lowest BCUT2D eigenvalue weighted by Crippen LogP contribution is -2.48. The second-order valence-electron chi connectivity index (χ2n) is 6.56. The number of anilines is 1. The summed E-state index contributed by atoms with van der Waals surface area (Å²) in [7, 11) is 0. The third-order valence-corrected chi connectivity index (χ3v) is 4.21. The van der Waals surface area contributed by atoms with Crippen molar-refractivity contribution in [2.24, 2.45) is 5.92 Å². The standard InChI is InChI=1S/C18H26N2O2/c1-12(2)18(14(4)21)19-17(22)11-20-9-5-6-15-8-7-13(3)10-16(15)20/h7-8,10,12,18H,5-6,9,11H2,1-4H3,(H,19,22). The van der Waals surface area contributed by atoms with Gasteiger partial charge in [0.2, 0.25) is 5.91 Å². The molecule has 22 heavy (non-hydrogen) atoms. The molecule has 0 saturated carbocycles. The van der Waals surface area contributed by atoms with Crippen LogP contribution in [0, 0.1) is 12.8 Å². The van der Waals surface area contributed by atoms with Gasteiger partial charge in [-0.1, -0.05) is 26.0 Å². The lowest BCUT2D eigenvalue weighted by atomic mass is 9.99. The number of Topliss-reactive ketones (excluding diaryl/α,β-unsaturated/α-hetero) is 1. The van der Waals surface area contributed by atoms with Crippen LogP contribution in [0.3, 0.4) is 0 Å². The average Bonchev–Trinajstić information content (AvgIpc) is 2.44. The number of hydrogen-bond donors (Lipinski definition) is 1. The van der Waals surface area contributed by atoms with Crippen LogP contribution < -0.4 is 10.2 Å². The van der Waals surface area contributed by atoms with E-state index in [4.69, 9.17) is 0 Å². The van der Waals surface area contributed by atoms with Crippen molar-refractivity contribution in [2.45, 2.75) is 46.6 Å². The number of nitrogens with one attached hydrogen (secondary N) is 1. The molecule has 1 aliphatic heterocycles. The summed E-state index contributed by atoms with van der Waals surface area (Å²) in [6, 6.07) is 6.02. The Bertz CT molecular complexity index is 566. The molecule has 4 nitrogen and oxygen atoms in total. The topological polar surface area (TPSA) is 49.4 Å². The summed E-state index contributed by atoms with van der Waals surface area (Å²) in [5.41, 5.74) is 3.66. The molecule has 0 spiro atoms. The Labute approximate surface area is 132 Å². The predicted molar refractivity (Wildman–Crippen MR) is 89.2 cm³/mol. The minimum Gasteiger partial charge on any atom is -0.362 e. The summed E-state index contributed by atoms with van der Waals surface area (Å²) in [4.78, 5) is 26.1. The van der Waals surface area contributed by atoms with E-state index in [0.29, 0.717) is 6.54 Å². The van der Waals surface area contributed by atoms with Crippen LogP contribution in [0.4, 0.5) is 5.69 Å². The van der Waals surface area contributed by atoms with Crippen LogP contribution in [0.1, 0.15) is 38.3 Å². The second kappa shape index (κ2) is 6.95. The van der Waals surface area contributed by atoms with E-state index < -0.39 is 6.04 Å². The summed E-state index contributed by atoms with van der Waals surface area (Å²) in [5.74, 6) is 0.0406. The zero-order chi connectivity index (χ0) is 16.3. The molecule has 1 N–H and O–H groups in total. The van der Waals surface area contributed by atoms with Gasteiger partial charge < -0.3 is 10.2 Å². The molecule has 2 rings (SSSR count). The molecule has 1 unspecified atom stereocenters. The maximum Gasteiger partial charge on any atom is 0.240 e. The Morgan fingerprint density at radius 3 is 2.68 bits per heavy atom. The molecule has 1 atom stereocenters. The number of amides is 1. The van der Waals surface area contributed by atoms with Crippen molar-refractivity contribution in [3.63, 3.8) is 0 Å². The van der Waals surface area contributed by atoms with E-state index in [1.807, 2.05) is 13.8 Å². The van der Waals surface area contributed by atoms with Gasteiger partial charge in [-0.25, -0.2) is 0 Å². The Hall–Kier alpha value is -1.84. The first-order chi connectivity index (χ1) is 10.4. The average molecular weight is 302 g/mol. The third-order valence-electron chi connectivity index (χ3n) is 4.21. The zero-order valence-electron chi connectivity index (χ0n) is 14.0. The Morgan fingerprint density at radius 1 is 1.32 bits per heavy atom. The molecule has 0 fully saturated rings. The quantitative estimate of drug-likeness (QED) is 0.909. The van der Waals surface area contributed by atoms with Gasteiger partial charge >= 0.3 is 0 Å². The van der Waals surface area contributed by atoms with E-state index in [0.717, 1.165) is 25.1 Å². The monoisotopic (exact) mass is 302 g/mol. The smallest absolute Gasteiger partial charge is 0.240 e. The van der Waals surface area contributed by atoms with Gasteiger partial charge in [-0.05, 0) is 49.8 Å². The zero-order valence-corrected chi connectivity index (χ0v) is 14.0. The van der Waals surface area contributed by atoms with Gasteiger partial charge in [-0.3, -0.25) is 9.59 Å². The number of rotatable bonds is 5. The van der Waals surface area contributed by atoms with Crippen molar-refractivity contribution in [3.05, 3.63) is 29.3 Å². The lowest BCUT2D eigenvalue weighted by Gasteiger charge is -2.32. The van der Waals surface area contributed by atoms with Gasteiger partial charge in [-0.15, -0.1) is 0 Å². The molecule has 0 saturated heterocycles. The van der Waals surface area contributed by atoms with E-state index in [-0.39, 0.29) is 17.6 Å². The van der Waals surface area contributed by atoms with Crippen molar-refractivity contribution in [1.29, 1.82) is 0 Å². The van der Waals surface area contributed by atoms with Crippen LogP contribution in [0.5, 0.6) is 0 Å². The molecule has 4 heteroatoms. The van der Waals surface area contributed by atoms with E-state index in [9.17, 15) is 9.59 Å². The normalized spacial score (nSPS) is 15.4. The summed E-state index contributed by atoms with van der Waals surface area (Å²) in [6.07, 6.45) is 2.12. The Balaban J connectivity index is 2.07. The van der Waals surface area contributed by atoms with Gasteiger partial charge in [0.25, 0.3) is 0 Å². The Kier molecular flexibility index (Phi) is 5.22. The highest BCUT2D eigenvalue weighted by Crippen LogP contribution is 2.27. The van der Waals surface area contributed by atoms with Crippen molar-refractivity contribution in [3.8, 4) is 0 Å². The van der Waals surface area contributed by atoms with Crippen LogP contribution in [-0.2, 0) is 16.0 Å². The molecule has 1 aromatic carbocycles. The van der Waals surface area contributed by atoms with Crippen LogP contribution in [-0.4, -0.2) is 30.8 Å². The highest BCUT2D eigenvalue weighted by molar-refractivity contribution is 5.89. The first-order valence-corrected chi connectivity index (χ1v) is 8.02. The molecule has 0 radical (unpaired) electrons. The molecule has 1 amide bonds. The van der Waals surface area contributed by atoms with E-state index in [1.54, 1.807) is 0 Å². The number of fused-ring (bicyclic) bond motifs is 1. The molecule has 0 bridgehead atoms. The van der Waals surface area contributed by atoms with Crippen molar-refractivity contribution >= 4 is 17.4 Å². The van der Waals surface area contributed by atoms with Gasteiger partial charge in [0.15, 0.2) is 5.78 Å². The van der Waals surface area contributed by atoms with Crippen LogP contribution >= 0.6 is 0 Å². The van der Waals surface area contributed by atoms with Gasteiger partial charge in [0.05, 0.1) is 12.6 Å². The minimum absolute atomic E-state index is 0.0123. The maximum atomic E-state index is 12.3. The van der Waals surface area contributed by atoms with Gasteiger partial charge in [-0.2, -0.15) is 0 Å². The number of ketones is 1. The van der Waals surface area contributed by atoms with Gasteiger partial charge in [0, 0.05) is 12.2 Å². The van der Waals surface area contributed by atoms with Crippen LogP contribution in [0.25, 0.3) is 0 Å². The highest BCUT2D eigenvalue weighted by Gasteiger charge is 2.23. The SMILES string of the molecule is CC(=O)C(NC(=O)CN1CCCc2ccc(C)cc21)C(C)C. The minimum atomic E-state index is -0.394. The molecule has 0 aromatic heterocycles. The van der Waals surface area contributed by atoms with E-state index >= 15 is 0 Å². The van der Waals surface area contributed by atoms with E-state index in [2.05, 4.69) is 35.3 Å².